The van der Waals surface area contributed by atoms with Gasteiger partial charge in [0.15, 0.2) is 6.61 Å². The first-order valence-electron chi connectivity index (χ1n) is 8.01. The number of halogens is 1. The van der Waals surface area contributed by atoms with Crippen molar-refractivity contribution in [3.8, 4) is 11.5 Å². The van der Waals surface area contributed by atoms with Gasteiger partial charge < -0.3 is 18.8 Å². The van der Waals surface area contributed by atoms with E-state index in [1.165, 1.54) is 0 Å². The molecule has 0 saturated carbocycles. The number of rotatable bonds is 7. The van der Waals surface area contributed by atoms with Crippen LogP contribution >= 0.6 is 11.6 Å². The second kappa shape index (κ2) is 8.45. The summed E-state index contributed by atoms with van der Waals surface area (Å²) in [6.45, 7) is 0.153. The summed E-state index contributed by atoms with van der Waals surface area (Å²) in [5.41, 5.74) is 0.718. The molecule has 2 aromatic carbocycles. The predicted molar refractivity (Wildman–Crippen MR) is 99.8 cm³/mol. The van der Waals surface area contributed by atoms with E-state index in [2.05, 4.69) is 0 Å². The van der Waals surface area contributed by atoms with Crippen LogP contribution in [0.25, 0.3) is 0 Å². The van der Waals surface area contributed by atoms with Crippen LogP contribution in [0, 0.1) is 0 Å². The predicted octanol–water partition coefficient (Wildman–Crippen LogP) is 4.55. The van der Waals surface area contributed by atoms with Gasteiger partial charge in [-0.25, -0.2) is 0 Å². The largest absolute Gasteiger partial charge is 0.497 e. The molecule has 0 aliphatic rings. The van der Waals surface area contributed by atoms with E-state index < -0.39 is 0 Å². The zero-order valence-corrected chi connectivity index (χ0v) is 15.0. The number of methoxy groups -OCH3 is 1. The Morgan fingerprint density at radius 1 is 1.08 bits per heavy atom. The highest BCUT2D eigenvalue weighted by Gasteiger charge is 2.19. The monoisotopic (exact) mass is 371 g/mol. The number of hydrogen-bond acceptors (Lipinski definition) is 4. The highest BCUT2D eigenvalue weighted by Crippen LogP contribution is 2.25. The third kappa shape index (κ3) is 4.37. The average molecular weight is 372 g/mol. The highest BCUT2D eigenvalue weighted by atomic mass is 35.5. The number of ether oxygens (including phenoxy) is 2. The summed E-state index contributed by atoms with van der Waals surface area (Å²) >= 11 is 6.07. The Morgan fingerprint density at radius 2 is 1.85 bits per heavy atom. The standard InChI is InChI=1S/C20H18ClNO4/c1-24-16-10-8-15(9-11-16)22(13-17-5-4-12-25-17)20(23)14-26-19-7-3-2-6-18(19)21/h2-12H,13-14H2,1H3. The molecule has 0 aliphatic carbocycles. The number of para-hydroxylation sites is 1. The van der Waals surface area contributed by atoms with Crippen LogP contribution in [0.3, 0.4) is 0 Å². The maximum atomic E-state index is 12.8. The maximum absolute atomic E-state index is 12.8. The van der Waals surface area contributed by atoms with Gasteiger partial charge in [0.05, 0.1) is 24.9 Å². The minimum atomic E-state index is -0.216. The first-order valence-corrected chi connectivity index (χ1v) is 8.39. The fraction of sp³-hybridized carbons (Fsp3) is 0.150. The molecule has 0 radical (unpaired) electrons. The maximum Gasteiger partial charge on any atom is 0.265 e. The Balaban J connectivity index is 1.77. The summed E-state index contributed by atoms with van der Waals surface area (Å²) in [5.74, 6) is 1.64. The van der Waals surface area contributed by atoms with Gasteiger partial charge in [0.2, 0.25) is 0 Å². The van der Waals surface area contributed by atoms with Crippen LogP contribution in [-0.2, 0) is 11.3 Å². The van der Waals surface area contributed by atoms with Crippen molar-refractivity contribution < 1.29 is 18.7 Å². The summed E-state index contributed by atoms with van der Waals surface area (Å²) in [7, 11) is 1.60. The number of benzene rings is 2. The van der Waals surface area contributed by atoms with Gasteiger partial charge in [-0.1, -0.05) is 23.7 Å². The van der Waals surface area contributed by atoms with Crippen molar-refractivity contribution in [2.45, 2.75) is 6.54 Å². The molecule has 5 nitrogen and oxygen atoms in total. The van der Waals surface area contributed by atoms with Crippen molar-refractivity contribution >= 4 is 23.2 Å². The fourth-order valence-corrected chi connectivity index (χ4v) is 2.61. The number of anilines is 1. The van der Waals surface area contributed by atoms with Crippen LogP contribution in [0.4, 0.5) is 5.69 Å². The van der Waals surface area contributed by atoms with Gasteiger partial charge in [-0.2, -0.15) is 0 Å². The molecule has 1 aromatic heterocycles. The lowest BCUT2D eigenvalue weighted by Gasteiger charge is -2.22. The number of carbonyl (C=O) groups is 1. The Hall–Kier alpha value is -2.92. The first-order chi connectivity index (χ1) is 12.7. The lowest BCUT2D eigenvalue weighted by atomic mass is 10.2. The summed E-state index contributed by atoms with van der Waals surface area (Å²) < 4.78 is 16.1. The zero-order chi connectivity index (χ0) is 18.4. The number of carbonyl (C=O) groups excluding carboxylic acids is 1. The zero-order valence-electron chi connectivity index (χ0n) is 14.2. The molecule has 0 unspecified atom stereocenters. The third-order valence-corrected chi connectivity index (χ3v) is 4.08. The van der Waals surface area contributed by atoms with Gasteiger partial charge in [-0.15, -0.1) is 0 Å². The first kappa shape index (κ1) is 17.9. The van der Waals surface area contributed by atoms with Crippen molar-refractivity contribution in [1.29, 1.82) is 0 Å². The minimum Gasteiger partial charge on any atom is -0.497 e. The summed E-state index contributed by atoms with van der Waals surface area (Å²) in [4.78, 5) is 14.4. The van der Waals surface area contributed by atoms with Gasteiger partial charge in [0.25, 0.3) is 5.91 Å². The smallest absolute Gasteiger partial charge is 0.265 e. The number of hydrogen-bond donors (Lipinski definition) is 0. The van der Waals surface area contributed by atoms with Crippen LogP contribution in [0.15, 0.2) is 71.3 Å². The molecule has 1 amide bonds. The average Bonchev–Trinajstić information content (AvgIpc) is 3.19. The van der Waals surface area contributed by atoms with E-state index >= 15 is 0 Å². The Morgan fingerprint density at radius 3 is 2.50 bits per heavy atom. The molecule has 0 spiro atoms. The molecule has 1 heterocycles. The van der Waals surface area contributed by atoms with Gasteiger partial charge >= 0.3 is 0 Å². The molecule has 6 heteroatoms. The van der Waals surface area contributed by atoms with Gasteiger partial charge in [0, 0.05) is 5.69 Å². The molecule has 26 heavy (non-hydrogen) atoms. The fourth-order valence-electron chi connectivity index (χ4n) is 2.42. The molecule has 134 valence electrons. The molecule has 0 bridgehead atoms. The number of amides is 1. The molecule has 0 fully saturated rings. The number of nitrogens with zero attached hydrogens (tertiary/aromatic N) is 1. The molecule has 3 aromatic rings. The quantitative estimate of drug-likeness (QED) is 0.611. The molecule has 0 N–H and O–H groups in total. The van der Waals surface area contributed by atoms with Crippen LogP contribution in [-0.4, -0.2) is 19.6 Å². The highest BCUT2D eigenvalue weighted by molar-refractivity contribution is 6.32. The molecule has 3 rings (SSSR count). The molecular weight excluding hydrogens is 354 g/mol. The Bertz CT molecular complexity index is 847. The molecule has 0 saturated heterocycles. The second-order valence-corrected chi connectivity index (χ2v) is 5.88. The Kier molecular flexibility index (Phi) is 5.81. The Labute approximate surface area is 156 Å². The van der Waals surface area contributed by atoms with E-state index in [4.69, 9.17) is 25.5 Å². The van der Waals surface area contributed by atoms with Crippen LogP contribution in [0.2, 0.25) is 5.02 Å². The van der Waals surface area contributed by atoms with E-state index in [-0.39, 0.29) is 12.5 Å². The van der Waals surface area contributed by atoms with Crippen molar-refractivity contribution in [1.82, 2.24) is 0 Å². The van der Waals surface area contributed by atoms with Crippen molar-refractivity contribution in [3.63, 3.8) is 0 Å². The van der Waals surface area contributed by atoms with Crippen LogP contribution in [0.1, 0.15) is 5.76 Å². The van der Waals surface area contributed by atoms with E-state index in [0.29, 0.717) is 28.8 Å². The summed E-state index contributed by atoms with van der Waals surface area (Å²) in [6, 6.07) is 17.9. The lowest BCUT2D eigenvalue weighted by Crippen LogP contribution is -2.34. The van der Waals surface area contributed by atoms with Crippen LogP contribution < -0.4 is 14.4 Å². The van der Waals surface area contributed by atoms with Crippen molar-refractivity contribution in [2.24, 2.45) is 0 Å². The molecule has 0 atom stereocenters. The third-order valence-electron chi connectivity index (χ3n) is 3.77. The topological polar surface area (TPSA) is 51.9 Å². The van der Waals surface area contributed by atoms with E-state index in [1.807, 2.05) is 18.2 Å². The second-order valence-electron chi connectivity index (χ2n) is 5.48. The number of furan rings is 1. The van der Waals surface area contributed by atoms with Crippen molar-refractivity contribution in [2.75, 3.05) is 18.6 Å². The van der Waals surface area contributed by atoms with E-state index in [1.54, 1.807) is 60.7 Å². The summed E-state index contributed by atoms with van der Waals surface area (Å²) in [5, 5.41) is 0.460. The van der Waals surface area contributed by atoms with E-state index in [0.717, 1.165) is 5.69 Å². The minimum absolute atomic E-state index is 0.142. The van der Waals surface area contributed by atoms with Gasteiger partial charge in [0.1, 0.15) is 17.3 Å². The molecular formula is C20H18ClNO4. The van der Waals surface area contributed by atoms with Crippen molar-refractivity contribution in [3.05, 3.63) is 77.7 Å². The lowest BCUT2D eigenvalue weighted by molar-refractivity contribution is -0.120. The van der Waals surface area contributed by atoms with Gasteiger partial charge in [-0.3, -0.25) is 4.79 Å². The van der Waals surface area contributed by atoms with Gasteiger partial charge in [-0.05, 0) is 48.5 Å². The summed E-state index contributed by atoms with van der Waals surface area (Å²) in [6.07, 6.45) is 1.58. The van der Waals surface area contributed by atoms with Crippen LogP contribution in [0.5, 0.6) is 11.5 Å². The molecule has 0 aliphatic heterocycles. The normalized spacial score (nSPS) is 10.4. The SMILES string of the molecule is COc1ccc(N(Cc2ccco2)C(=O)COc2ccccc2Cl)cc1. The van der Waals surface area contributed by atoms with E-state index in [9.17, 15) is 4.79 Å².